The van der Waals surface area contributed by atoms with Crippen molar-refractivity contribution in [1.29, 1.82) is 0 Å². The number of hydrogen-bond donors (Lipinski definition) is 12. The number of aliphatic hydroxyl groups excluding tert-OH is 1. The summed E-state index contributed by atoms with van der Waals surface area (Å²) in [5.41, 5.74) is -0.276. The molecule has 7 rings (SSSR count). The first-order valence-electron chi connectivity index (χ1n) is 15.8. The molecule has 0 spiro atoms. The molecule has 16 nitrogen and oxygen atoms in total. The third-order valence-corrected chi connectivity index (χ3v) is 9.20. The summed E-state index contributed by atoms with van der Waals surface area (Å²) in [4.78, 5) is 13.8. The van der Waals surface area contributed by atoms with Crippen molar-refractivity contribution in [3.05, 3.63) is 100 Å². The van der Waals surface area contributed by atoms with Crippen molar-refractivity contribution in [3.8, 4) is 74.7 Å². The maximum absolute atomic E-state index is 13.8. The van der Waals surface area contributed by atoms with E-state index < -0.39 is 99.4 Å². The fraction of sp³-hybridized carbons (Fsp3) is 0.162. The fourth-order valence-corrected chi connectivity index (χ4v) is 6.72. The number of aliphatic hydroxyl groups is 1. The van der Waals surface area contributed by atoms with Crippen LogP contribution in [0.2, 0.25) is 0 Å². The Kier molecular flexibility index (Phi) is 8.18. The summed E-state index contributed by atoms with van der Waals surface area (Å²) >= 11 is 0. The minimum Gasteiger partial charge on any atom is -0.508 e. The molecule has 0 amide bonds. The van der Waals surface area contributed by atoms with Gasteiger partial charge in [0.15, 0.2) is 58.2 Å². The average Bonchev–Trinajstić information content (AvgIpc) is 3.10. The van der Waals surface area contributed by atoms with Crippen molar-refractivity contribution in [1.82, 2.24) is 0 Å². The van der Waals surface area contributed by atoms with Gasteiger partial charge in [-0.05, 0) is 48.0 Å². The third-order valence-electron chi connectivity index (χ3n) is 9.20. The number of hydrogen-bond acceptors (Lipinski definition) is 16. The molecule has 2 heterocycles. The van der Waals surface area contributed by atoms with Gasteiger partial charge in [-0.1, -0.05) is 12.1 Å². The topological polar surface area (TPSA) is 288 Å². The van der Waals surface area contributed by atoms with Crippen LogP contribution in [0.4, 0.5) is 0 Å². The van der Waals surface area contributed by atoms with Gasteiger partial charge >= 0.3 is 5.97 Å². The standard InChI is InChI=1S/C37H30O16/c38-16-10-22(42)30-28(11-16)51-34(14-6-23(43)31(48)24(44)7-14)36(53-37(50)15-8-25(45)32(49)26(46)9-15)29(30)17-2-4-19(39)18-12-27(47)33(52-35(17)18)13-1-3-20(40)21(41)5-13/h1-11,27,29,33-34,36,38-49H,12H2/t27-,29-,33+,34+,36-/m0/s1. The van der Waals surface area contributed by atoms with E-state index in [1.165, 1.54) is 30.3 Å². The van der Waals surface area contributed by atoms with E-state index in [0.29, 0.717) is 0 Å². The number of phenols is 11. The summed E-state index contributed by atoms with van der Waals surface area (Å²) in [6, 6.07) is 12.1. The van der Waals surface area contributed by atoms with E-state index in [4.69, 9.17) is 14.2 Å². The maximum atomic E-state index is 13.8. The zero-order chi connectivity index (χ0) is 38.0. The Morgan fingerprint density at radius 2 is 1.21 bits per heavy atom. The van der Waals surface area contributed by atoms with Gasteiger partial charge in [0.25, 0.3) is 0 Å². The maximum Gasteiger partial charge on any atom is 0.338 e. The first-order chi connectivity index (χ1) is 25.1. The third kappa shape index (κ3) is 5.85. The number of phenolic OH excluding ortho intramolecular Hbond substituents is 11. The number of carbonyl (C=O) groups is 1. The Morgan fingerprint density at radius 3 is 1.85 bits per heavy atom. The lowest BCUT2D eigenvalue weighted by molar-refractivity contribution is -0.0282. The van der Waals surface area contributed by atoms with Crippen LogP contribution in [-0.4, -0.2) is 79.5 Å². The van der Waals surface area contributed by atoms with E-state index in [1.54, 1.807) is 0 Å². The molecular formula is C37H30O16. The SMILES string of the molecule is O=C(O[C@H]1[C@@H](c2ccc(O)c3c2O[C@H](c2ccc(O)c(O)c2)[C@@H](O)C3)c2c(O)cc(O)cc2O[C@@H]1c1cc(O)c(O)c(O)c1)c1cc(O)c(O)c(O)c1. The van der Waals surface area contributed by atoms with E-state index in [0.717, 1.165) is 36.4 Å². The number of esters is 1. The molecule has 5 aromatic rings. The van der Waals surface area contributed by atoms with E-state index in [-0.39, 0.29) is 51.5 Å². The number of rotatable bonds is 5. The minimum atomic E-state index is -1.67. The van der Waals surface area contributed by atoms with Crippen LogP contribution in [0.1, 0.15) is 56.3 Å². The molecule has 16 heteroatoms. The van der Waals surface area contributed by atoms with Crippen molar-refractivity contribution in [2.75, 3.05) is 0 Å². The minimum absolute atomic E-state index is 0.0747. The van der Waals surface area contributed by atoms with E-state index in [2.05, 4.69) is 0 Å². The average molecular weight is 731 g/mol. The molecule has 53 heavy (non-hydrogen) atoms. The largest absolute Gasteiger partial charge is 0.508 e. The lowest BCUT2D eigenvalue weighted by Crippen LogP contribution is -2.39. The molecule has 12 N–H and O–H groups in total. The molecule has 0 radical (unpaired) electrons. The lowest BCUT2D eigenvalue weighted by Gasteiger charge is -2.41. The van der Waals surface area contributed by atoms with E-state index >= 15 is 0 Å². The Morgan fingerprint density at radius 1 is 0.604 bits per heavy atom. The van der Waals surface area contributed by atoms with Crippen LogP contribution in [0.3, 0.4) is 0 Å². The first kappa shape index (κ1) is 34.4. The summed E-state index contributed by atoms with van der Waals surface area (Å²) < 4.78 is 18.5. The molecule has 2 aliphatic rings. The van der Waals surface area contributed by atoms with E-state index in [9.17, 15) is 66.1 Å². The summed E-state index contributed by atoms with van der Waals surface area (Å²) in [6.45, 7) is 0. The quantitative estimate of drug-likeness (QED) is 0.0899. The van der Waals surface area contributed by atoms with Crippen LogP contribution in [0.5, 0.6) is 74.7 Å². The highest BCUT2D eigenvalue weighted by Crippen LogP contribution is 2.56. The van der Waals surface area contributed by atoms with Crippen LogP contribution in [-0.2, 0) is 11.2 Å². The van der Waals surface area contributed by atoms with Crippen molar-refractivity contribution >= 4 is 5.97 Å². The molecule has 0 bridgehead atoms. The molecule has 274 valence electrons. The second-order valence-electron chi connectivity index (χ2n) is 12.6. The Labute approximate surface area is 297 Å². The van der Waals surface area contributed by atoms with Gasteiger partial charge in [0, 0.05) is 40.8 Å². The fourth-order valence-electron chi connectivity index (χ4n) is 6.72. The molecule has 5 atom stereocenters. The van der Waals surface area contributed by atoms with Crippen LogP contribution in [0.25, 0.3) is 0 Å². The number of fused-ring (bicyclic) bond motifs is 2. The van der Waals surface area contributed by atoms with Crippen molar-refractivity contribution in [3.63, 3.8) is 0 Å². The smallest absolute Gasteiger partial charge is 0.338 e. The van der Waals surface area contributed by atoms with Crippen LogP contribution in [0.15, 0.2) is 66.7 Å². The van der Waals surface area contributed by atoms with Gasteiger partial charge in [-0.3, -0.25) is 0 Å². The molecule has 0 unspecified atom stereocenters. The first-order valence-corrected chi connectivity index (χ1v) is 15.8. The number of aromatic hydroxyl groups is 11. The van der Waals surface area contributed by atoms with Crippen LogP contribution >= 0.6 is 0 Å². The van der Waals surface area contributed by atoms with Crippen molar-refractivity contribution in [2.45, 2.75) is 36.8 Å². The van der Waals surface area contributed by atoms with E-state index in [1.807, 2.05) is 0 Å². The van der Waals surface area contributed by atoms with Gasteiger partial charge in [-0.25, -0.2) is 4.79 Å². The molecule has 0 aliphatic carbocycles. The number of carbonyl (C=O) groups excluding carboxylic acids is 1. The summed E-state index contributed by atoms with van der Waals surface area (Å²) in [7, 11) is 0. The number of ether oxygens (including phenoxy) is 3. The molecule has 5 aromatic carbocycles. The zero-order valence-corrected chi connectivity index (χ0v) is 26.9. The van der Waals surface area contributed by atoms with Gasteiger partial charge < -0.3 is 75.5 Å². The molecule has 0 saturated carbocycles. The van der Waals surface area contributed by atoms with Crippen LogP contribution in [0, 0.1) is 0 Å². The Balaban J connectivity index is 1.46. The number of benzene rings is 5. The predicted octanol–water partition coefficient (Wildman–Crippen LogP) is 3.98. The van der Waals surface area contributed by atoms with Gasteiger partial charge in [0.1, 0.15) is 34.9 Å². The highest BCUT2D eigenvalue weighted by atomic mass is 16.6. The molecule has 0 saturated heterocycles. The second-order valence-corrected chi connectivity index (χ2v) is 12.6. The normalized spacial score (nSPS) is 20.4. The second kappa shape index (κ2) is 12.6. The van der Waals surface area contributed by atoms with Gasteiger partial charge in [0.2, 0.25) is 0 Å². The summed E-state index contributed by atoms with van der Waals surface area (Å²) in [5.74, 6) is -10.3. The Hall–Kier alpha value is -7.07. The lowest BCUT2D eigenvalue weighted by atomic mass is 9.77. The molecule has 0 fully saturated rings. The summed E-state index contributed by atoms with van der Waals surface area (Å²) in [5, 5.41) is 125. The molecular weight excluding hydrogens is 700 g/mol. The molecule has 0 aromatic heterocycles. The van der Waals surface area contributed by atoms with Crippen molar-refractivity contribution < 1.29 is 80.3 Å². The molecule has 2 aliphatic heterocycles. The van der Waals surface area contributed by atoms with Gasteiger partial charge in [0.05, 0.1) is 17.6 Å². The zero-order valence-electron chi connectivity index (χ0n) is 26.9. The van der Waals surface area contributed by atoms with Gasteiger partial charge in [-0.15, -0.1) is 0 Å². The van der Waals surface area contributed by atoms with Crippen molar-refractivity contribution in [2.24, 2.45) is 0 Å². The van der Waals surface area contributed by atoms with Gasteiger partial charge in [-0.2, -0.15) is 0 Å². The van der Waals surface area contributed by atoms with Crippen LogP contribution < -0.4 is 9.47 Å². The Bertz CT molecular complexity index is 2260. The highest BCUT2D eigenvalue weighted by molar-refractivity contribution is 5.91. The predicted molar refractivity (Wildman–Crippen MR) is 178 cm³/mol. The monoisotopic (exact) mass is 730 g/mol. The summed E-state index contributed by atoms with van der Waals surface area (Å²) in [6.07, 6.45) is -5.98. The highest BCUT2D eigenvalue weighted by Gasteiger charge is 2.48.